The fraction of sp³-hybridized carbons (Fsp3) is 0.312. The highest BCUT2D eigenvalue weighted by Crippen LogP contribution is 2.19. The Morgan fingerprint density at radius 1 is 1.06 bits per heavy atom. The first-order chi connectivity index (χ1) is 8.56. The molecule has 2 aromatic rings. The predicted octanol–water partition coefficient (Wildman–Crippen LogP) is 3.25. The number of aromatic nitrogens is 1. The van der Waals surface area contributed by atoms with Crippen LogP contribution in [0.2, 0.25) is 0 Å². The fourth-order valence-electron chi connectivity index (χ4n) is 2.03. The molecule has 2 rings (SSSR count). The molecular formula is C16H19NO. The van der Waals surface area contributed by atoms with E-state index in [-0.39, 0.29) is 5.56 Å². The number of hydrogen-bond acceptors (Lipinski definition) is 1. The Morgan fingerprint density at radius 3 is 2.28 bits per heavy atom. The molecule has 0 amide bonds. The van der Waals surface area contributed by atoms with Gasteiger partial charge in [-0.3, -0.25) is 4.79 Å². The Hall–Kier alpha value is -1.83. The van der Waals surface area contributed by atoms with Gasteiger partial charge in [-0.05, 0) is 35.1 Å². The van der Waals surface area contributed by atoms with E-state index < -0.39 is 0 Å². The smallest absolute Gasteiger partial charge is 0.250 e. The molecule has 0 unspecified atom stereocenters. The first kappa shape index (κ1) is 12.6. The van der Waals surface area contributed by atoms with Crippen LogP contribution in [0.5, 0.6) is 0 Å². The molecule has 2 nitrogen and oxygen atoms in total. The Kier molecular flexibility index (Phi) is 3.66. The summed E-state index contributed by atoms with van der Waals surface area (Å²) in [5.41, 5.74) is 3.45. The van der Waals surface area contributed by atoms with Crippen molar-refractivity contribution in [2.24, 2.45) is 13.0 Å². The minimum Gasteiger partial charge on any atom is -0.319 e. The van der Waals surface area contributed by atoms with E-state index in [0.717, 1.165) is 17.5 Å². The molecule has 0 saturated carbocycles. The maximum Gasteiger partial charge on any atom is 0.250 e. The van der Waals surface area contributed by atoms with Gasteiger partial charge in [-0.15, -0.1) is 0 Å². The van der Waals surface area contributed by atoms with E-state index in [2.05, 4.69) is 38.1 Å². The van der Waals surface area contributed by atoms with Crippen LogP contribution in [0, 0.1) is 5.92 Å². The third kappa shape index (κ3) is 2.89. The number of benzene rings is 1. The average Bonchev–Trinajstić information content (AvgIpc) is 2.33. The van der Waals surface area contributed by atoms with Crippen LogP contribution >= 0.6 is 0 Å². The van der Waals surface area contributed by atoms with Crippen LogP contribution in [0.1, 0.15) is 19.4 Å². The molecule has 18 heavy (non-hydrogen) atoms. The summed E-state index contributed by atoms with van der Waals surface area (Å²) >= 11 is 0. The third-order valence-corrected chi connectivity index (χ3v) is 3.04. The lowest BCUT2D eigenvalue weighted by molar-refractivity contribution is 0.647. The van der Waals surface area contributed by atoms with Crippen molar-refractivity contribution in [2.45, 2.75) is 20.3 Å². The van der Waals surface area contributed by atoms with E-state index in [0.29, 0.717) is 5.92 Å². The number of nitrogens with zero attached hydrogens (tertiary/aromatic N) is 1. The van der Waals surface area contributed by atoms with Crippen molar-refractivity contribution in [1.29, 1.82) is 0 Å². The second-order valence-electron chi connectivity index (χ2n) is 5.16. The molecular weight excluding hydrogens is 222 g/mol. The van der Waals surface area contributed by atoms with Crippen molar-refractivity contribution in [1.82, 2.24) is 4.57 Å². The molecule has 0 saturated heterocycles. The van der Waals surface area contributed by atoms with Crippen molar-refractivity contribution in [3.8, 4) is 11.1 Å². The summed E-state index contributed by atoms with van der Waals surface area (Å²) in [6.45, 7) is 4.43. The van der Waals surface area contributed by atoms with Gasteiger partial charge in [-0.1, -0.05) is 38.1 Å². The molecule has 0 N–H and O–H groups in total. The third-order valence-electron chi connectivity index (χ3n) is 3.04. The minimum absolute atomic E-state index is 0.0266. The molecule has 0 bridgehead atoms. The fourth-order valence-corrected chi connectivity index (χ4v) is 2.03. The molecule has 2 heteroatoms. The minimum atomic E-state index is 0.0266. The molecule has 0 fully saturated rings. The van der Waals surface area contributed by atoms with Gasteiger partial charge in [0, 0.05) is 19.3 Å². The maximum absolute atomic E-state index is 11.6. The van der Waals surface area contributed by atoms with Gasteiger partial charge in [-0.2, -0.15) is 0 Å². The molecule has 0 radical (unpaired) electrons. The zero-order valence-electron chi connectivity index (χ0n) is 11.2. The molecule has 0 spiro atoms. The highest BCUT2D eigenvalue weighted by molar-refractivity contribution is 5.62. The normalized spacial score (nSPS) is 10.9. The highest BCUT2D eigenvalue weighted by atomic mass is 16.1. The van der Waals surface area contributed by atoms with Gasteiger partial charge in [-0.25, -0.2) is 0 Å². The van der Waals surface area contributed by atoms with E-state index in [4.69, 9.17) is 0 Å². The quantitative estimate of drug-likeness (QED) is 0.808. The van der Waals surface area contributed by atoms with E-state index in [1.165, 1.54) is 5.56 Å². The van der Waals surface area contributed by atoms with Gasteiger partial charge in [0.25, 0.3) is 5.56 Å². The lowest BCUT2D eigenvalue weighted by Crippen LogP contribution is -2.14. The van der Waals surface area contributed by atoms with Crippen molar-refractivity contribution in [3.63, 3.8) is 0 Å². The summed E-state index contributed by atoms with van der Waals surface area (Å²) in [5.74, 6) is 0.667. The number of pyridine rings is 1. The zero-order valence-corrected chi connectivity index (χ0v) is 11.2. The van der Waals surface area contributed by atoms with Crippen LogP contribution < -0.4 is 5.56 Å². The van der Waals surface area contributed by atoms with Crippen molar-refractivity contribution in [2.75, 3.05) is 0 Å². The van der Waals surface area contributed by atoms with E-state index >= 15 is 0 Å². The van der Waals surface area contributed by atoms with Crippen LogP contribution in [0.15, 0.2) is 47.4 Å². The van der Waals surface area contributed by atoms with E-state index in [1.807, 2.05) is 6.07 Å². The molecule has 1 heterocycles. The Balaban J connectivity index is 2.28. The van der Waals surface area contributed by atoms with E-state index in [9.17, 15) is 4.79 Å². The molecule has 1 aromatic carbocycles. The number of aryl methyl sites for hydroxylation is 1. The van der Waals surface area contributed by atoms with Crippen LogP contribution in [-0.4, -0.2) is 4.57 Å². The largest absolute Gasteiger partial charge is 0.319 e. The van der Waals surface area contributed by atoms with Gasteiger partial charge in [0.05, 0.1) is 0 Å². The first-order valence-electron chi connectivity index (χ1n) is 6.32. The van der Waals surface area contributed by atoms with E-state index in [1.54, 1.807) is 23.9 Å². The standard InChI is InChI=1S/C16H19NO/c1-12(2)10-13-4-6-14(7-5-13)15-8-9-17(3)16(18)11-15/h4-9,11-12H,10H2,1-3H3. The van der Waals surface area contributed by atoms with Crippen LogP contribution in [0.4, 0.5) is 0 Å². The molecule has 0 aliphatic rings. The molecule has 0 atom stereocenters. The lowest BCUT2D eigenvalue weighted by atomic mass is 9.99. The topological polar surface area (TPSA) is 22.0 Å². The van der Waals surface area contributed by atoms with Crippen molar-refractivity contribution in [3.05, 3.63) is 58.5 Å². The molecule has 1 aromatic heterocycles. The monoisotopic (exact) mass is 241 g/mol. The van der Waals surface area contributed by atoms with Gasteiger partial charge < -0.3 is 4.57 Å². The molecule has 0 aliphatic heterocycles. The van der Waals surface area contributed by atoms with Gasteiger partial charge in [0.2, 0.25) is 0 Å². The van der Waals surface area contributed by atoms with Crippen LogP contribution in [0.3, 0.4) is 0 Å². The number of hydrogen-bond donors (Lipinski definition) is 0. The van der Waals surface area contributed by atoms with Crippen molar-refractivity contribution < 1.29 is 0 Å². The lowest BCUT2D eigenvalue weighted by Gasteiger charge is -2.07. The summed E-state index contributed by atoms with van der Waals surface area (Å²) in [6.07, 6.45) is 2.90. The molecule has 94 valence electrons. The summed E-state index contributed by atoms with van der Waals surface area (Å²) in [4.78, 5) is 11.6. The van der Waals surface area contributed by atoms with Gasteiger partial charge in [0.15, 0.2) is 0 Å². The summed E-state index contributed by atoms with van der Waals surface area (Å²) < 4.78 is 1.58. The highest BCUT2D eigenvalue weighted by Gasteiger charge is 2.01. The van der Waals surface area contributed by atoms with Gasteiger partial charge in [0.1, 0.15) is 0 Å². The summed E-state index contributed by atoms with van der Waals surface area (Å²) in [7, 11) is 1.76. The number of rotatable bonds is 3. The summed E-state index contributed by atoms with van der Waals surface area (Å²) in [5, 5.41) is 0. The molecule has 0 aliphatic carbocycles. The Morgan fingerprint density at radius 2 is 1.72 bits per heavy atom. The Bertz CT molecular complexity index is 579. The van der Waals surface area contributed by atoms with Crippen LogP contribution in [0.25, 0.3) is 11.1 Å². The zero-order chi connectivity index (χ0) is 13.1. The Labute approximate surface area is 108 Å². The van der Waals surface area contributed by atoms with Crippen LogP contribution in [-0.2, 0) is 13.5 Å². The second kappa shape index (κ2) is 5.21. The average molecular weight is 241 g/mol. The first-order valence-corrected chi connectivity index (χ1v) is 6.32. The van der Waals surface area contributed by atoms with Gasteiger partial charge >= 0.3 is 0 Å². The second-order valence-corrected chi connectivity index (χ2v) is 5.16. The predicted molar refractivity (Wildman–Crippen MR) is 75.7 cm³/mol. The maximum atomic E-state index is 11.6. The summed E-state index contributed by atoms with van der Waals surface area (Å²) in [6, 6.07) is 12.1. The SMILES string of the molecule is CC(C)Cc1ccc(-c2ccn(C)c(=O)c2)cc1. The van der Waals surface area contributed by atoms with Crippen molar-refractivity contribution >= 4 is 0 Å².